The molecule has 142 valence electrons. The van der Waals surface area contributed by atoms with E-state index in [-0.39, 0.29) is 0 Å². The van der Waals surface area contributed by atoms with Crippen molar-refractivity contribution in [2.75, 3.05) is 39.2 Å². The predicted molar refractivity (Wildman–Crippen MR) is 101 cm³/mol. The quantitative estimate of drug-likeness (QED) is 0.767. The van der Waals surface area contributed by atoms with Crippen molar-refractivity contribution in [3.8, 4) is 6.07 Å². The monoisotopic (exact) mass is 368 g/mol. The normalized spacial score (nSPS) is 19.7. The highest BCUT2D eigenvalue weighted by atomic mass is 16.5. The van der Waals surface area contributed by atoms with Gasteiger partial charge in [0.25, 0.3) is 0 Å². The number of nitriles is 1. The first-order valence-electron chi connectivity index (χ1n) is 9.33. The van der Waals surface area contributed by atoms with Crippen LogP contribution < -0.4 is 4.90 Å². The summed E-state index contributed by atoms with van der Waals surface area (Å²) in [4.78, 5) is 21.7. The van der Waals surface area contributed by atoms with Gasteiger partial charge in [0, 0.05) is 25.0 Å². The molecule has 0 bridgehead atoms. The Labute approximate surface area is 158 Å². The maximum atomic E-state index is 12.7. The van der Waals surface area contributed by atoms with Gasteiger partial charge in [0.1, 0.15) is 11.6 Å². The minimum absolute atomic E-state index is 0.326. The summed E-state index contributed by atoms with van der Waals surface area (Å²) in [6.45, 7) is 3.39. The molecule has 1 atom stereocenters. The maximum absolute atomic E-state index is 12.7. The third kappa shape index (κ3) is 2.85. The van der Waals surface area contributed by atoms with E-state index in [0.29, 0.717) is 45.6 Å². The summed E-state index contributed by atoms with van der Waals surface area (Å²) in [5, 5.41) is 9.73. The molecule has 27 heavy (non-hydrogen) atoms. The zero-order valence-electron chi connectivity index (χ0n) is 16.2. The standard InChI is InChI=1S/C20H24N4O3/c1-11-14(9-21)16-18(27-19(22-16)12-5-6-12)17(15(11)20(25)26-4)24-8-7-13(10-24)23(2)3/h12-13H,5-8,10H2,1-4H3. The highest BCUT2D eigenvalue weighted by Crippen LogP contribution is 2.44. The molecule has 2 aliphatic rings. The molecule has 1 saturated heterocycles. The Bertz CT molecular complexity index is 953. The highest BCUT2D eigenvalue weighted by molar-refractivity contribution is 6.07. The van der Waals surface area contributed by atoms with Crippen LogP contribution in [-0.4, -0.2) is 56.2 Å². The molecule has 1 saturated carbocycles. The Morgan fingerprint density at radius 3 is 2.67 bits per heavy atom. The fourth-order valence-electron chi connectivity index (χ4n) is 3.92. The van der Waals surface area contributed by atoms with Crippen molar-refractivity contribution in [3.05, 3.63) is 22.6 Å². The zero-order valence-corrected chi connectivity index (χ0v) is 16.2. The lowest BCUT2D eigenvalue weighted by Crippen LogP contribution is -2.32. The second-order valence-electron chi connectivity index (χ2n) is 7.68. The van der Waals surface area contributed by atoms with Crippen molar-refractivity contribution < 1.29 is 13.9 Å². The summed E-state index contributed by atoms with van der Waals surface area (Å²) in [7, 11) is 5.49. The molecule has 2 aromatic rings. The van der Waals surface area contributed by atoms with Crippen molar-refractivity contribution in [1.29, 1.82) is 5.26 Å². The molecule has 0 radical (unpaired) electrons. The number of likely N-dealkylation sites (N-methyl/N-ethyl adjacent to an activating group) is 1. The number of nitrogens with zero attached hydrogens (tertiary/aromatic N) is 4. The fraction of sp³-hybridized carbons (Fsp3) is 0.550. The molecule has 1 aromatic heterocycles. The molecule has 7 heteroatoms. The molecule has 2 fully saturated rings. The van der Waals surface area contributed by atoms with Gasteiger partial charge in [-0.2, -0.15) is 5.26 Å². The smallest absolute Gasteiger partial charge is 0.340 e. The second kappa shape index (κ2) is 6.54. The van der Waals surface area contributed by atoms with Gasteiger partial charge < -0.3 is 19.0 Å². The van der Waals surface area contributed by atoms with Crippen LogP contribution in [0, 0.1) is 18.3 Å². The molecule has 0 N–H and O–H groups in total. The van der Waals surface area contributed by atoms with Crippen LogP contribution >= 0.6 is 0 Å². The molecular weight excluding hydrogens is 344 g/mol. The van der Waals surface area contributed by atoms with Crippen molar-refractivity contribution >= 4 is 22.8 Å². The molecule has 0 amide bonds. The third-order valence-electron chi connectivity index (χ3n) is 5.72. The maximum Gasteiger partial charge on any atom is 0.340 e. The van der Waals surface area contributed by atoms with E-state index in [0.717, 1.165) is 38.0 Å². The number of fused-ring (bicyclic) bond motifs is 1. The van der Waals surface area contributed by atoms with E-state index in [2.05, 4.69) is 34.9 Å². The van der Waals surface area contributed by atoms with E-state index in [1.165, 1.54) is 7.11 Å². The van der Waals surface area contributed by atoms with Gasteiger partial charge in [-0.3, -0.25) is 0 Å². The fourth-order valence-corrected chi connectivity index (χ4v) is 3.92. The first-order valence-corrected chi connectivity index (χ1v) is 9.33. The molecule has 7 nitrogen and oxygen atoms in total. The van der Waals surface area contributed by atoms with Crippen LogP contribution in [0.25, 0.3) is 11.1 Å². The highest BCUT2D eigenvalue weighted by Gasteiger charge is 2.36. The number of esters is 1. The van der Waals surface area contributed by atoms with Gasteiger partial charge in [0.05, 0.1) is 23.9 Å². The molecular formula is C20H24N4O3. The first kappa shape index (κ1) is 17.8. The van der Waals surface area contributed by atoms with Gasteiger partial charge in [-0.15, -0.1) is 0 Å². The van der Waals surface area contributed by atoms with Crippen molar-refractivity contribution in [2.24, 2.45) is 0 Å². The number of hydrogen-bond acceptors (Lipinski definition) is 7. The van der Waals surface area contributed by atoms with Gasteiger partial charge in [0.15, 0.2) is 11.5 Å². The second-order valence-corrected chi connectivity index (χ2v) is 7.68. The van der Waals surface area contributed by atoms with E-state index in [1.807, 2.05) is 0 Å². The number of rotatable bonds is 4. The predicted octanol–water partition coefficient (Wildman–Crippen LogP) is 2.81. The number of methoxy groups -OCH3 is 1. The number of ether oxygens (including phenoxy) is 1. The van der Waals surface area contributed by atoms with E-state index in [9.17, 15) is 10.1 Å². The Hall–Kier alpha value is -2.59. The Kier molecular flexibility index (Phi) is 4.31. The summed E-state index contributed by atoms with van der Waals surface area (Å²) in [6.07, 6.45) is 3.11. The molecule has 0 spiro atoms. The Morgan fingerprint density at radius 2 is 2.11 bits per heavy atom. The lowest BCUT2D eigenvalue weighted by atomic mass is 9.98. The van der Waals surface area contributed by atoms with Crippen molar-refractivity contribution in [2.45, 2.75) is 38.1 Å². The number of carbonyl (C=O) groups is 1. The average Bonchev–Trinajstić information content (AvgIpc) is 3.22. The lowest BCUT2D eigenvalue weighted by Gasteiger charge is -2.24. The van der Waals surface area contributed by atoms with Gasteiger partial charge >= 0.3 is 5.97 Å². The summed E-state index contributed by atoms with van der Waals surface area (Å²) in [5.74, 6) is 0.554. The van der Waals surface area contributed by atoms with Gasteiger partial charge in [-0.25, -0.2) is 9.78 Å². The van der Waals surface area contributed by atoms with Gasteiger partial charge in [0.2, 0.25) is 0 Å². The Balaban J connectivity index is 1.96. The summed E-state index contributed by atoms with van der Waals surface area (Å²) in [6, 6.07) is 2.61. The average molecular weight is 368 g/mol. The summed E-state index contributed by atoms with van der Waals surface area (Å²) in [5.41, 5.74) is 3.24. The number of aromatic nitrogens is 1. The number of carbonyl (C=O) groups excluding carboxylic acids is 1. The van der Waals surface area contributed by atoms with Crippen LogP contribution in [0.3, 0.4) is 0 Å². The summed E-state index contributed by atoms with van der Waals surface area (Å²) < 4.78 is 11.2. The number of benzene rings is 1. The van der Waals surface area contributed by atoms with E-state index < -0.39 is 5.97 Å². The number of anilines is 1. The van der Waals surface area contributed by atoms with Crippen LogP contribution in [0.1, 0.15) is 52.6 Å². The summed E-state index contributed by atoms with van der Waals surface area (Å²) >= 11 is 0. The van der Waals surface area contributed by atoms with E-state index >= 15 is 0 Å². The molecule has 1 unspecified atom stereocenters. The SMILES string of the molecule is COC(=O)c1c(C)c(C#N)c2nc(C3CC3)oc2c1N1CCC(N(C)C)C1. The molecule has 4 rings (SSSR count). The van der Waals surface area contributed by atoms with Crippen LogP contribution in [0.4, 0.5) is 5.69 Å². The number of hydrogen-bond donors (Lipinski definition) is 0. The zero-order chi connectivity index (χ0) is 19.3. The van der Waals surface area contributed by atoms with Crippen LogP contribution in [0.15, 0.2) is 4.42 Å². The Morgan fingerprint density at radius 1 is 1.37 bits per heavy atom. The molecule has 1 aromatic carbocycles. The largest absolute Gasteiger partial charge is 0.465 e. The lowest BCUT2D eigenvalue weighted by molar-refractivity contribution is 0.0600. The van der Waals surface area contributed by atoms with Crippen molar-refractivity contribution in [3.63, 3.8) is 0 Å². The third-order valence-corrected chi connectivity index (χ3v) is 5.72. The molecule has 1 aliphatic heterocycles. The van der Waals surface area contributed by atoms with E-state index in [4.69, 9.17) is 9.15 Å². The minimum atomic E-state index is -0.446. The van der Waals surface area contributed by atoms with Crippen molar-refractivity contribution in [1.82, 2.24) is 9.88 Å². The molecule has 2 heterocycles. The topological polar surface area (TPSA) is 82.6 Å². The number of oxazole rings is 1. The molecule has 1 aliphatic carbocycles. The first-order chi connectivity index (χ1) is 13.0. The minimum Gasteiger partial charge on any atom is -0.465 e. The van der Waals surface area contributed by atoms with E-state index in [1.54, 1.807) is 6.92 Å². The van der Waals surface area contributed by atoms with Gasteiger partial charge in [-0.05, 0) is 45.8 Å². The van der Waals surface area contributed by atoms with Crippen LogP contribution in [-0.2, 0) is 4.74 Å². The van der Waals surface area contributed by atoms with Crippen LogP contribution in [0.2, 0.25) is 0 Å². The van der Waals surface area contributed by atoms with Gasteiger partial charge in [-0.1, -0.05) is 0 Å². The van der Waals surface area contributed by atoms with Crippen LogP contribution in [0.5, 0.6) is 0 Å².